The molecule has 1 saturated carbocycles. The highest BCUT2D eigenvalue weighted by molar-refractivity contribution is 5.92. The number of aromatic nitrogens is 2. The third-order valence-electron chi connectivity index (χ3n) is 4.51. The summed E-state index contributed by atoms with van der Waals surface area (Å²) in [7, 11) is 0. The highest BCUT2D eigenvalue weighted by Crippen LogP contribution is 2.39. The third-order valence-corrected chi connectivity index (χ3v) is 4.51. The largest absolute Gasteiger partial charge is 0.337 e. The molecule has 5 nitrogen and oxygen atoms in total. The minimum atomic E-state index is 0.104. The summed E-state index contributed by atoms with van der Waals surface area (Å²) in [6.07, 6.45) is 2.46. The van der Waals surface area contributed by atoms with E-state index in [9.17, 15) is 4.79 Å². The van der Waals surface area contributed by atoms with Gasteiger partial charge < -0.3 is 10.2 Å². The Labute approximate surface area is 106 Å². The SMILES string of the molecule is O=C(c1cc(C2CC2)[nH]n1)N1C[C@H]2CNC[C@H]2C1. The molecule has 3 aliphatic rings. The minimum absolute atomic E-state index is 0.104. The van der Waals surface area contributed by atoms with Gasteiger partial charge in [0.1, 0.15) is 5.69 Å². The number of rotatable bonds is 2. The van der Waals surface area contributed by atoms with Gasteiger partial charge in [0, 0.05) is 37.8 Å². The first-order chi connectivity index (χ1) is 8.81. The summed E-state index contributed by atoms with van der Waals surface area (Å²) < 4.78 is 0. The fourth-order valence-corrected chi connectivity index (χ4v) is 3.23. The van der Waals surface area contributed by atoms with Gasteiger partial charge in [0.25, 0.3) is 5.91 Å². The average molecular weight is 246 g/mol. The first kappa shape index (κ1) is 10.6. The van der Waals surface area contributed by atoms with Crippen LogP contribution in [0.5, 0.6) is 0 Å². The second kappa shape index (κ2) is 3.82. The maximum absolute atomic E-state index is 12.4. The fourth-order valence-electron chi connectivity index (χ4n) is 3.23. The molecular weight excluding hydrogens is 228 g/mol. The smallest absolute Gasteiger partial charge is 0.274 e. The molecule has 3 heterocycles. The molecule has 4 rings (SSSR count). The van der Waals surface area contributed by atoms with Crippen LogP contribution >= 0.6 is 0 Å². The molecule has 0 bridgehead atoms. The van der Waals surface area contributed by atoms with Gasteiger partial charge in [0.05, 0.1) is 0 Å². The molecule has 2 N–H and O–H groups in total. The van der Waals surface area contributed by atoms with Crippen molar-refractivity contribution < 1.29 is 4.79 Å². The second-order valence-corrected chi connectivity index (χ2v) is 5.87. The maximum Gasteiger partial charge on any atom is 0.274 e. The van der Waals surface area contributed by atoms with Crippen molar-refractivity contribution in [1.82, 2.24) is 20.4 Å². The summed E-state index contributed by atoms with van der Waals surface area (Å²) >= 11 is 0. The van der Waals surface area contributed by atoms with Gasteiger partial charge in [0.15, 0.2) is 0 Å². The number of aromatic amines is 1. The Morgan fingerprint density at radius 1 is 1.28 bits per heavy atom. The molecule has 0 spiro atoms. The van der Waals surface area contributed by atoms with Crippen molar-refractivity contribution >= 4 is 5.91 Å². The molecule has 5 heteroatoms. The van der Waals surface area contributed by atoms with E-state index in [1.807, 2.05) is 11.0 Å². The molecule has 2 atom stereocenters. The number of H-pyrrole nitrogens is 1. The Kier molecular flexibility index (Phi) is 2.24. The van der Waals surface area contributed by atoms with Crippen molar-refractivity contribution in [1.29, 1.82) is 0 Å². The normalized spacial score (nSPS) is 30.8. The van der Waals surface area contributed by atoms with Crippen molar-refractivity contribution in [3.05, 3.63) is 17.5 Å². The van der Waals surface area contributed by atoms with Crippen molar-refractivity contribution in [2.45, 2.75) is 18.8 Å². The van der Waals surface area contributed by atoms with Crippen molar-refractivity contribution in [2.24, 2.45) is 11.8 Å². The van der Waals surface area contributed by atoms with Crippen LogP contribution in [0.25, 0.3) is 0 Å². The van der Waals surface area contributed by atoms with Crippen molar-refractivity contribution in [3.63, 3.8) is 0 Å². The zero-order valence-electron chi connectivity index (χ0n) is 10.4. The molecule has 3 fully saturated rings. The van der Waals surface area contributed by atoms with Gasteiger partial charge in [-0.15, -0.1) is 0 Å². The van der Waals surface area contributed by atoms with Crippen LogP contribution in [0.3, 0.4) is 0 Å². The number of carbonyl (C=O) groups is 1. The van der Waals surface area contributed by atoms with E-state index >= 15 is 0 Å². The van der Waals surface area contributed by atoms with Crippen LogP contribution in [0, 0.1) is 11.8 Å². The molecule has 0 aromatic carbocycles. The number of hydrogen-bond donors (Lipinski definition) is 2. The zero-order chi connectivity index (χ0) is 12.1. The Morgan fingerprint density at radius 2 is 2.00 bits per heavy atom. The fraction of sp³-hybridized carbons (Fsp3) is 0.692. The van der Waals surface area contributed by atoms with E-state index < -0.39 is 0 Å². The number of fused-ring (bicyclic) bond motifs is 1. The number of carbonyl (C=O) groups excluding carboxylic acids is 1. The first-order valence-electron chi connectivity index (χ1n) is 6.86. The van der Waals surface area contributed by atoms with Gasteiger partial charge in [0.2, 0.25) is 0 Å². The molecule has 18 heavy (non-hydrogen) atoms. The van der Waals surface area contributed by atoms with Crippen LogP contribution in [0.15, 0.2) is 6.07 Å². The molecule has 2 saturated heterocycles. The van der Waals surface area contributed by atoms with Gasteiger partial charge in [-0.1, -0.05) is 0 Å². The minimum Gasteiger partial charge on any atom is -0.337 e. The van der Waals surface area contributed by atoms with Gasteiger partial charge in [-0.25, -0.2) is 0 Å². The summed E-state index contributed by atoms with van der Waals surface area (Å²) in [5.74, 6) is 2.03. The topological polar surface area (TPSA) is 61.0 Å². The molecular formula is C13H18N4O. The lowest BCUT2D eigenvalue weighted by atomic mass is 10.0. The molecule has 0 unspecified atom stereocenters. The van der Waals surface area contributed by atoms with Gasteiger partial charge in [-0.05, 0) is 30.7 Å². The van der Waals surface area contributed by atoms with Crippen LogP contribution in [0.4, 0.5) is 0 Å². The van der Waals surface area contributed by atoms with Crippen molar-refractivity contribution in [2.75, 3.05) is 26.2 Å². The van der Waals surface area contributed by atoms with E-state index in [0.29, 0.717) is 23.4 Å². The summed E-state index contributed by atoms with van der Waals surface area (Å²) in [5.41, 5.74) is 1.74. The van der Waals surface area contributed by atoms with E-state index in [1.165, 1.54) is 12.8 Å². The first-order valence-corrected chi connectivity index (χ1v) is 6.86. The predicted molar refractivity (Wildman–Crippen MR) is 66.3 cm³/mol. The van der Waals surface area contributed by atoms with Crippen LogP contribution in [0.2, 0.25) is 0 Å². The third kappa shape index (κ3) is 1.65. The van der Waals surface area contributed by atoms with Crippen LogP contribution in [0.1, 0.15) is 34.9 Å². The quantitative estimate of drug-likeness (QED) is 0.802. The highest BCUT2D eigenvalue weighted by atomic mass is 16.2. The van der Waals surface area contributed by atoms with E-state index in [-0.39, 0.29) is 5.91 Å². The highest BCUT2D eigenvalue weighted by Gasteiger charge is 2.39. The van der Waals surface area contributed by atoms with Gasteiger partial charge in [-0.2, -0.15) is 5.10 Å². The molecule has 0 radical (unpaired) electrons. The molecule has 96 valence electrons. The van der Waals surface area contributed by atoms with E-state index in [1.54, 1.807) is 0 Å². The zero-order valence-corrected chi connectivity index (χ0v) is 10.4. The Bertz CT molecular complexity index is 467. The number of nitrogens with one attached hydrogen (secondary N) is 2. The Morgan fingerprint density at radius 3 is 2.67 bits per heavy atom. The average Bonchev–Trinajstić information content (AvgIpc) is 2.80. The van der Waals surface area contributed by atoms with Crippen LogP contribution in [-0.2, 0) is 0 Å². The standard InChI is InChI=1S/C13H18N4O/c18-13(12-3-11(15-16-12)8-1-2-8)17-6-9-4-14-5-10(9)7-17/h3,8-10,14H,1-2,4-7H2,(H,15,16)/t9-,10+. The second-order valence-electron chi connectivity index (χ2n) is 5.87. The molecule has 1 aliphatic carbocycles. The Balaban J connectivity index is 1.48. The number of hydrogen-bond acceptors (Lipinski definition) is 3. The van der Waals surface area contributed by atoms with E-state index in [0.717, 1.165) is 31.9 Å². The van der Waals surface area contributed by atoms with Gasteiger partial charge in [-0.3, -0.25) is 9.89 Å². The summed E-state index contributed by atoms with van der Waals surface area (Å²) in [6.45, 7) is 3.90. The lowest BCUT2D eigenvalue weighted by Gasteiger charge is -2.15. The summed E-state index contributed by atoms with van der Waals surface area (Å²) in [5, 5.41) is 10.6. The molecule has 2 aliphatic heterocycles. The van der Waals surface area contributed by atoms with E-state index in [4.69, 9.17) is 0 Å². The molecule has 1 aromatic heterocycles. The monoisotopic (exact) mass is 246 g/mol. The lowest BCUT2D eigenvalue weighted by molar-refractivity contribution is 0.0776. The lowest BCUT2D eigenvalue weighted by Crippen LogP contribution is -2.32. The van der Waals surface area contributed by atoms with E-state index in [2.05, 4.69) is 15.5 Å². The number of nitrogens with zero attached hydrogens (tertiary/aromatic N) is 2. The summed E-state index contributed by atoms with van der Waals surface area (Å²) in [6, 6.07) is 1.95. The predicted octanol–water partition coefficient (Wildman–Crippen LogP) is 0.578. The number of amides is 1. The molecule has 1 aromatic rings. The number of likely N-dealkylation sites (tertiary alicyclic amines) is 1. The van der Waals surface area contributed by atoms with Crippen LogP contribution < -0.4 is 5.32 Å². The van der Waals surface area contributed by atoms with Crippen LogP contribution in [-0.4, -0.2) is 47.2 Å². The summed E-state index contributed by atoms with van der Waals surface area (Å²) in [4.78, 5) is 14.3. The van der Waals surface area contributed by atoms with Crippen molar-refractivity contribution in [3.8, 4) is 0 Å². The van der Waals surface area contributed by atoms with Gasteiger partial charge >= 0.3 is 0 Å². The maximum atomic E-state index is 12.4. The Hall–Kier alpha value is -1.36. The molecule has 1 amide bonds.